The fraction of sp³-hybridized carbons (Fsp3) is 0.308. The number of hydrogen-bond acceptors (Lipinski definition) is 5. The molecule has 0 unspecified atom stereocenters. The summed E-state index contributed by atoms with van der Waals surface area (Å²) in [5, 5.41) is 6.82. The van der Waals surface area contributed by atoms with Gasteiger partial charge in [0.05, 0.1) is 5.69 Å². The minimum atomic E-state index is -3.61. The Hall–Kier alpha value is -1.44. The summed E-state index contributed by atoms with van der Waals surface area (Å²) >= 11 is 1.43. The van der Waals surface area contributed by atoms with Crippen LogP contribution in [0.15, 0.2) is 40.2 Å². The van der Waals surface area contributed by atoms with E-state index in [1.165, 1.54) is 17.4 Å². The van der Waals surface area contributed by atoms with Crippen molar-refractivity contribution in [1.29, 1.82) is 0 Å². The maximum absolute atomic E-state index is 12.1. The first kappa shape index (κ1) is 15.0. The van der Waals surface area contributed by atoms with Gasteiger partial charge in [-0.1, -0.05) is 19.9 Å². The Kier molecular flexibility index (Phi) is 4.74. The lowest BCUT2D eigenvalue weighted by Crippen LogP contribution is -2.22. The van der Waals surface area contributed by atoms with E-state index in [-0.39, 0.29) is 5.03 Å². The molecule has 108 valence electrons. The zero-order valence-corrected chi connectivity index (χ0v) is 13.0. The standard InChI is InChI=1S/C13H17N3O2S2/c1-10(2)14-7-11-3-4-13(15-8-11)20(17,18)16-12-5-6-19-9-12/h3-6,8-10,14,16H,7H2,1-2H3. The van der Waals surface area contributed by atoms with Gasteiger partial charge >= 0.3 is 0 Å². The van der Waals surface area contributed by atoms with E-state index in [4.69, 9.17) is 0 Å². The van der Waals surface area contributed by atoms with E-state index in [9.17, 15) is 8.42 Å². The van der Waals surface area contributed by atoms with Gasteiger partial charge in [-0.15, -0.1) is 0 Å². The van der Waals surface area contributed by atoms with Gasteiger partial charge in [-0.25, -0.2) is 4.98 Å². The quantitative estimate of drug-likeness (QED) is 0.859. The van der Waals surface area contributed by atoms with Crippen LogP contribution in [0.1, 0.15) is 19.4 Å². The molecule has 7 heteroatoms. The first-order valence-corrected chi connectivity index (χ1v) is 8.63. The van der Waals surface area contributed by atoms with Gasteiger partial charge in [-0.05, 0) is 23.1 Å². The molecule has 0 aliphatic heterocycles. The van der Waals surface area contributed by atoms with E-state index in [1.807, 2.05) is 5.38 Å². The molecular formula is C13H17N3O2S2. The van der Waals surface area contributed by atoms with E-state index in [1.54, 1.807) is 23.7 Å². The SMILES string of the molecule is CC(C)NCc1ccc(S(=O)(=O)Nc2ccsc2)nc1. The van der Waals surface area contributed by atoms with Crippen molar-refractivity contribution in [3.05, 3.63) is 40.7 Å². The number of thiophene rings is 1. The Labute approximate surface area is 123 Å². The van der Waals surface area contributed by atoms with Crippen molar-refractivity contribution in [3.8, 4) is 0 Å². The van der Waals surface area contributed by atoms with E-state index in [0.29, 0.717) is 18.3 Å². The number of sulfonamides is 1. The molecule has 0 fully saturated rings. The maximum Gasteiger partial charge on any atom is 0.279 e. The highest BCUT2D eigenvalue weighted by Gasteiger charge is 2.15. The molecule has 0 atom stereocenters. The highest BCUT2D eigenvalue weighted by Crippen LogP contribution is 2.17. The zero-order chi connectivity index (χ0) is 14.6. The average Bonchev–Trinajstić information content (AvgIpc) is 2.89. The van der Waals surface area contributed by atoms with Crippen molar-refractivity contribution >= 4 is 27.0 Å². The van der Waals surface area contributed by atoms with Gasteiger partial charge in [0.1, 0.15) is 0 Å². The Morgan fingerprint density at radius 2 is 2.10 bits per heavy atom. The van der Waals surface area contributed by atoms with Crippen LogP contribution in [0.4, 0.5) is 5.69 Å². The molecule has 2 aromatic heterocycles. The lowest BCUT2D eigenvalue weighted by molar-refractivity contribution is 0.585. The molecule has 2 heterocycles. The summed E-state index contributed by atoms with van der Waals surface area (Å²) < 4.78 is 26.7. The van der Waals surface area contributed by atoms with Crippen LogP contribution >= 0.6 is 11.3 Å². The fourth-order valence-corrected chi connectivity index (χ4v) is 3.17. The van der Waals surface area contributed by atoms with E-state index >= 15 is 0 Å². The average molecular weight is 311 g/mol. The van der Waals surface area contributed by atoms with Crippen LogP contribution in [-0.2, 0) is 16.6 Å². The van der Waals surface area contributed by atoms with Crippen molar-refractivity contribution in [2.45, 2.75) is 31.5 Å². The number of rotatable bonds is 6. The van der Waals surface area contributed by atoms with Crippen molar-refractivity contribution in [2.24, 2.45) is 0 Å². The molecule has 2 rings (SSSR count). The first-order chi connectivity index (χ1) is 9.47. The van der Waals surface area contributed by atoms with Gasteiger partial charge in [0, 0.05) is 24.2 Å². The summed E-state index contributed by atoms with van der Waals surface area (Å²) in [6, 6.07) is 5.37. The van der Waals surface area contributed by atoms with Crippen molar-refractivity contribution in [2.75, 3.05) is 4.72 Å². The second kappa shape index (κ2) is 6.34. The lowest BCUT2D eigenvalue weighted by atomic mass is 10.2. The third-order valence-corrected chi connectivity index (χ3v) is 4.54. The molecule has 2 N–H and O–H groups in total. The Morgan fingerprint density at radius 1 is 1.30 bits per heavy atom. The summed E-state index contributed by atoms with van der Waals surface area (Å²) in [5.41, 5.74) is 1.51. The Morgan fingerprint density at radius 3 is 2.65 bits per heavy atom. The first-order valence-electron chi connectivity index (χ1n) is 6.21. The molecule has 20 heavy (non-hydrogen) atoms. The lowest BCUT2D eigenvalue weighted by Gasteiger charge is -2.09. The molecular weight excluding hydrogens is 294 g/mol. The number of aromatic nitrogens is 1. The summed E-state index contributed by atoms with van der Waals surface area (Å²) in [6.07, 6.45) is 1.58. The van der Waals surface area contributed by atoms with Crippen molar-refractivity contribution in [3.63, 3.8) is 0 Å². The maximum atomic E-state index is 12.1. The van der Waals surface area contributed by atoms with E-state index in [2.05, 4.69) is 28.9 Å². The summed E-state index contributed by atoms with van der Waals surface area (Å²) in [4.78, 5) is 4.02. The Bertz CT molecular complexity index is 635. The number of anilines is 1. The fourth-order valence-electron chi connectivity index (χ4n) is 1.53. The molecule has 0 saturated heterocycles. The van der Waals surface area contributed by atoms with Crippen LogP contribution in [0.5, 0.6) is 0 Å². The van der Waals surface area contributed by atoms with Crippen LogP contribution < -0.4 is 10.0 Å². The number of hydrogen-bond donors (Lipinski definition) is 2. The molecule has 0 saturated carbocycles. The molecule has 0 aliphatic rings. The molecule has 0 spiro atoms. The summed E-state index contributed by atoms with van der Waals surface area (Å²) in [7, 11) is -3.61. The number of nitrogens with one attached hydrogen (secondary N) is 2. The minimum Gasteiger partial charge on any atom is -0.310 e. The third-order valence-electron chi connectivity index (χ3n) is 2.56. The van der Waals surface area contributed by atoms with Gasteiger partial charge in [0.2, 0.25) is 0 Å². The number of pyridine rings is 1. The molecule has 0 bridgehead atoms. The normalized spacial score (nSPS) is 11.8. The minimum absolute atomic E-state index is 0.0250. The van der Waals surface area contributed by atoms with E-state index in [0.717, 1.165) is 5.56 Å². The van der Waals surface area contributed by atoms with Gasteiger partial charge < -0.3 is 5.32 Å². The smallest absolute Gasteiger partial charge is 0.279 e. The van der Waals surface area contributed by atoms with Crippen molar-refractivity contribution in [1.82, 2.24) is 10.3 Å². The molecule has 2 aromatic rings. The van der Waals surface area contributed by atoms with E-state index < -0.39 is 10.0 Å². The molecule has 0 aromatic carbocycles. The van der Waals surface area contributed by atoms with Crippen LogP contribution in [0.25, 0.3) is 0 Å². The highest BCUT2D eigenvalue weighted by atomic mass is 32.2. The molecule has 5 nitrogen and oxygen atoms in total. The van der Waals surface area contributed by atoms with Crippen LogP contribution in [0.3, 0.4) is 0 Å². The predicted octanol–water partition coefficient (Wildman–Crippen LogP) is 2.44. The summed E-state index contributed by atoms with van der Waals surface area (Å²) in [6.45, 7) is 4.77. The van der Waals surface area contributed by atoms with Crippen molar-refractivity contribution < 1.29 is 8.42 Å². The summed E-state index contributed by atoms with van der Waals surface area (Å²) in [5.74, 6) is 0. The van der Waals surface area contributed by atoms with Gasteiger partial charge in [-0.3, -0.25) is 4.72 Å². The Balaban J connectivity index is 2.08. The largest absolute Gasteiger partial charge is 0.310 e. The van der Waals surface area contributed by atoms with Crippen LogP contribution in [-0.4, -0.2) is 19.4 Å². The second-order valence-corrected chi connectivity index (χ2v) is 7.07. The van der Waals surface area contributed by atoms with Gasteiger partial charge in [-0.2, -0.15) is 19.8 Å². The highest BCUT2D eigenvalue weighted by molar-refractivity contribution is 7.92. The van der Waals surface area contributed by atoms with Gasteiger partial charge in [0.15, 0.2) is 5.03 Å². The second-order valence-electron chi connectivity index (χ2n) is 4.66. The van der Waals surface area contributed by atoms with Crippen LogP contribution in [0.2, 0.25) is 0 Å². The van der Waals surface area contributed by atoms with Crippen LogP contribution in [0, 0.1) is 0 Å². The molecule has 0 amide bonds. The zero-order valence-electron chi connectivity index (χ0n) is 11.3. The molecule has 0 radical (unpaired) electrons. The topological polar surface area (TPSA) is 71.1 Å². The number of nitrogens with zero attached hydrogens (tertiary/aromatic N) is 1. The monoisotopic (exact) mass is 311 g/mol. The third kappa shape index (κ3) is 4.03. The molecule has 0 aliphatic carbocycles. The predicted molar refractivity (Wildman–Crippen MR) is 81.3 cm³/mol. The van der Waals surface area contributed by atoms with Gasteiger partial charge in [0.25, 0.3) is 10.0 Å².